The smallest absolute Gasteiger partial charge is 0.224 e. The number of hydrogen-bond acceptors (Lipinski definition) is 5. The maximum atomic E-state index is 12.5. The lowest BCUT2D eigenvalue weighted by atomic mass is 10.2. The zero-order chi connectivity index (χ0) is 18.6. The second-order valence-electron chi connectivity index (χ2n) is 6.35. The molecular formula is C20H19N5O2. The molecule has 0 saturated carbocycles. The number of nitrogens with zero attached hydrogens (tertiary/aromatic N) is 5. The molecule has 27 heavy (non-hydrogen) atoms. The van der Waals surface area contributed by atoms with E-state index in [1.54, 1.807) is 30.7 Å². The van der Waals surface area contributed by atoms with Gasteiger partial charge in [-0.25, -0.2) is 4.98 Å². The number of imidazole rings is 1. The number of pyridine rings is 1. The van der Waals surface area contributed by atoms with Crippen molar-refractivity contribution < 1.29 is 9.32 Å². The first kappa shape index (κ1) is 17.0. The standard InChI is InChI=1S/C20H19N5O2/c1-24(13-16-11-18(23-27-16)15-5-4-9-21-12-15)20(26)8-10-25-14-22-17-6-2-3-7-19(17)25/h2-7,9,11-12,14H,8,10,13H2,1H3. The summed E-state index contributed by atoms with van der Waals surface area (Å²) in [4.78, 5) is 22.5. The van der Waals surface area contributed by atoms with Gasteiger partial charge in [-0.2, -0.15) is 0 Å². The lowest BCUT2D eigenvalue weighted by molar-refractivity contribution is -0.130. The summed E-state index contributed by atoms with van der Waals surface area (Å²) in [6.07, 6.45) is 5.60. The van der Waals surface area contributed by atoms with Crippen LogP contribution in [0.3, 0.4) is 0 Å². The van der Waals surface area contributed by atoms with Crippen LogP contribution in [0.5, 0.6) is 0 Å². The summed E-state index contributed by atoms with van der Waals surface area (Å²) in [5.41, 5.74) is 3.56. The third-order valence-corrected chi connectivity index (χ3v) is 4.43. The van der Waals surface area contributed by atoms with Crippen molar-refractivity contribution in [3.05, 3.63) is 66.9 Å². The van der Waals surface area contributed by atoms with E-state index in [0.29, 0.717) is 31.0 Å². The van der Waals surface area contributed by atoms with Gasteiger partial charge in [0, 0.05) is 44.0 Å². The van der Waals surface area contributed by atoms with Gasteiger partial charge in [0.25, 0.3) is 0 Å². The molecule has 7 nitrogen and oxygen atoms in total. The molecule has 4 aromatic rings. The van der Waals surface area contributed by atoms with E-state index in [2.05, 4.69) is 15.1 Å². The number of aryl methyl sites for hydroxylation is 1. The van der Waals surface area contributed by atoms with Gasteiger partial charge in [-0.05, 0) is 24.3 Å². The Morgan fingerprint density at radius 3 is 2.96 bits per heavy atom. The average Bonchev–Trinajstić information content (AvgIpc) is 3.34. The van der Waals surface area contributed by atoms with Gasteiger partial charge in [0.05, 0.1) is 23.9 Å². The lowest BCUT2D eigenvalue weighted by Crippen LogP contribution is -2.26. The van der Waals surface area contributed by atoms with E-state index in [1.165, 1.54) is 0 Å². The number of carbonyl (C=O) groups excluding carboxylic acids is 1. The molecule has 0 aliphatic heterocycles. The highest BCUT2D eigenvalue weighted by molar-refractivity contribution is 5.77. The Balaban J connectivity index is 1.36. The quantitative estimate of drug-likeness (QED) is 0.527. The Morgan fingerprint density at radius 1 is 1.22 bits per heavy atom. The Morgan fingerprint density at radius 2 is 2.11 bits per heavy atom. The molecule has 0 aliphatic rings. The number of benzene rings is 1. The normalized spacial score (nSPS) is 11.0. The fraction of sp³-hybridized carbons (Fsp3) is 0.200. The van der Waals surface area contributed by atoms with Crippen molar-refractivity contribution in [1.29, 1.82) is 0 Å². The van der Waals surface area contributed by atoms with Crippen molar-refractivity contribution in [3.63, 3.8) is 0 Å². The minimum Gasteiger partial charge on any atom is -0.359 e. The monoisotopic (exact) mass is 361 g/mol. The van der Waals surface area contributed by atoms with Crippen LogP contribution in [0.4, 0.5) is 0 Å². The van der Waals surface area contributed by atoms with Crippen LogP contribution in [-0.4, -0.2) is 37.5 Å². The van der Waals surface area contributed by atoms with Crippen LogP contribution >= 0.6 is 0 Å². The van der Waals surface area contributed by atoms with Gasteiger partial charge in [0.15, 0.2) is 5.76 Å². The number of fused-ring (bicyclic) bond motifs is 1. The SMILES string of the molecule is CN(Cc1cc(-c2cccnc2)no1)C(=O)CCn1cnc2ccccc21. The molecule has 4 rings (SSSR count). The van der Waals surface area contributed by atoms with E-state index in [1.807, 2.05) is 47.0 Å². The number of hydrogen-bond donors (Lipinski definition) is 0. The molecule has 1 amide bonds. The van der Waals surface area contributed by atoms with Crippen molar-refractivity contribution in [1.82, 2.24) is 24.6 Å². The van der Waals surface area contributed by atoms with Crippen LogP contribution in [-0.2, 0) is 17.9 Å². The second kappa shape index (κ2) is 7.41. The van der Waals surface area contributed by atoms with E-state index < -0.39 is 0 Å². The number of para-hydroxylation sites is 2. The Bertz CT molecular complexity index is 1050. The van der Waals surface area contributed by atoms with E-state index in [9.17, 15) is 4.79 Å². The zero-order valence-corrected chi connectivity index (χ0v) is 14.9. The third kappa shape index (κ3) is 3.72. The molecule has 0 atom stereocenters. The van der Waals surface area contributed by atoms with Gasteiger partial charge in [-0.1, -0.05) is 17.3 Å². The molecule has 0 radical (unpaired) electrons. The molecule has 0 unspecified atom stereocenters. The fourth-order valence-corrected chi connectivity index (χ4v) is 2.96. The molecule has 3 aromatic heterocycles. The zero-order valence-electron chi connectivity index (χ0n) is 14.9. The maximum absolute atomic E-state index is 12.5. The number of carbonyl (C=O) groups is 1. The number of aromatic nitrogens is 4. The highest BCUT2D eigenvalue weighted by atomic mass is 16.5. The Labute approximate surface area is 156 Å². The Kier molecular flexibility index (Phi) is 4.65. The van der Waals surface area contributed by atoms with E-state index in [-0.39, 0.29) is 5.91 Å². The third-order valence-electron chi connectivity index (χ3n) is 4.43. The summed E-state index contributed by atoms with van der Waals surface area (Å²) in [6.45, 7) is 0.956. The minimum atomic E-state index is 0.0344. The van der Waals surface area contributed by atoms with Crippen molar-refractivity contribution in [2.45, 2.75) is 19.5 Å². The summed E-state index contributed by atoms with van der Waals surface area (Å²) in [5, 5.41) is 4.05. The molecule has 0 aliphatic carbocycles. The fourth-order valence-electron chi connectivity index (χ4n) is 2.96. The summed E-state index contributed by atoms with van der Waals surface area (Å²) in [5.74, 6) is 0.671. The van der Waals surface area contributed by atoms with Gasteiger partial charge in [-0.15, -0.1) is 0 Å². The van der Waals surface area contributed by atoms with E-state index >= 15 is 0 Å². The molecular weight excluding hydrogens is 342 g/mol. The highest BCUT2D eigenvalue weighted by Crippen LogP contribution is 2.19. The van der Waals surface area contributed by atoms with Crippen molar-refractivity contribution in [2.24, 2.45) is 0 Å². The largest absolute Gasteiger partial charge is 0.359 e. The first-order valence-corrected chi connectivity index (χ1v) is 8.70. The molecule has 0 bridgehead atoms. The highest BCUT2D eigenvalue weighted by Gasteiger charge is 2.14. The van der Waals surface area contributed by atoms with E-state index in [0.717, 1.165) is 16.6 Å². The minimum absolute atomic E-state index is 0.0344. The average molecular weight is 361 g/mol. The molecule has 0 fully saturated rings. The van der Waals surface area contributed by atoms with Gasteiger partial charge in [0.1, 0.15) is 5.69 Å². The summed E-state index contributed by atoms with van der Waals surface area (Å²) < 4.78 is 7.36. The van der Waals surface area contributed by atoms with Gasteiger partial charge < -0.3 is 14.0 Å². The predicted octanol–water partition coefficient (Wildman–Crippen LogP) is 3.14. The van der Waals surface area contributed by atoms with Crippen LogP contribution in [0, 0.1) is 0 Å². The Hall–Kier alpha value is -3.48. The van der Waals surface area contributed by atoms with E-state index in [4.69, 9.17) is 4.52 Å². The summed E-state index contributed by atoms with van der Waals surface area (Å²) in [7, 11) is 1.76. The van der Waals surface area contributed by atoms with Crippen molar-refractivity contribution >= 4 is 16.9 Å². The molecule has 136 valence electrons. The predicted molar refractivity (Wildman–Crippen MR) is 101 cm³/mol. The van der Waals surface area contributed by atoms with Crippen LogP contribution < -0.4 is 0 Å². The molecule has 7 heteroatoms. The maximum Gasteiger partial charge on any atom is 0.224 e. The van der Waals surface area contributed by atoms with Crippen LogP contribution in [0.2, 0.25) is 0 Å². The number of rotatable bonds is 6. The summed E-state index contributed by atoms with van der Waals surface area (Å²) >= 11 is 0. The van der Waals surface area contributed by atoms with Gasteiger partial charge in [0.2, 0.25) is 5.91 Å². The first-order chi connectivity index (χ1) is 13.2. The molecule has 0 N–H and O–H groups in total. The first-order valence-electron chi connectivity index (χ1n) is 8.70. The topological polar surface area (TPSA) is 77.0 Å². The van der Waals surface area contributed by atoms with Gasteiger partial charge in [-0.3, -0.25) is 9.78 Å². The second-order valence-corrected chi connectivity index (χ2v) is 6.35. The van der Waals surface area contributed by atoms with Crippen LogP contribution in [0.15, 0.2) is 65.7 Å². The van der Waals surface area contributed by atoms with Crippen LogP contribution in [0.25, 0.3) is 22.3 Å². The lowest BCUT2D eigenvalue weighted by Gasteiger charge is -2.15. The molecule has 3 heterocycles. The number of amides is 1. The van der Waals surface area contributed by atoms with Crippen molar-refractivity contribution in [2.75, 3.05) is 7.05 Å². The van der Waals surface area contributed by atoms with Crippen LogP contribution in [0.1, 0.15) is 12.2 Å². The molecule has 0 spiro atoms. The van der Waals surface area contributed by atoms with Gasteiger partial charge >= 0.3 is 0 Å². The molecule has 1 aromatic carbocycles. The summed E-state index contributed by atoms with van der Waals surface area (Å²) in [6, 6.07) is 13.5. The van der Waals surface area contributed by atoms with Crippen molar-refractivity contribution in [3.8, 4) is 11.3 Å². The molecule has 0 saturated heterocycles.